The average molecular weight is 462 g/mol. The van der Waals surface area contributed by atoms with Crippen LogP contribution in [0.3, 0.4) is 0 Å². The van der Waals surface area contributed by atoms with Crippen LogP contribution >= 0.6 is 0 Å². The second kappa shape index (κ2) is 10.7. The molecule has 8 heteroatoms. The van der Waals surface area contributed by atoms with E-state index in [1.165, 1.54) is 25.3 Å². The van der Waals surface area contributed by atoms with Gasteiger partial charge in [0.1, 0.15) is 28.2 Å². The second-order valence-electron chi connectivity index (χ2n) is 6.96. The summed E-state index contributed by atoms with van der Waals surface area (Å²) in [6.45, 7) is 0. The number of carboxylic acid groups (broad SMARTS) is 1. The van der Waals surface area contributed by atoms with Crippen LogP contribution in [0.15, 0.2) is 82.0 Å². The molecule has 1 heterocycles. The summed E-state index contributed by atoms with van der Waals surface area (Å²) in [6.07, 6.45) is 2.56. The highest BCUT2D eigenvalue weighted by atomic mass is 16.5. The van der Waals surface area contributed by atoms with Crippen LogP contribution in [0, 0.1) is 0 Å². The Bertz CT molecular complexity index is 1390. The molecule has 174 valence electrons. The highest BCUT2D eigenvalue weighted by molar-refractivity contribution is 5.86. The van der Waals surface area contributed by atoms with Crippen molar-refractivity contribution in [3.05, 3.63) is 88.6 Å². The van der Waals surface area contributed by atoms with Crippen LogP contribution in [-0.4, -0.2) is 35.5 Å². The van der Waals surface area contributed by atoms with Crippen molar-refractivity contribution in [1.82, 2.24) is 0 Å². The van der Waals surface area contributed by atoms with E-state index in [0.717, 1.165) is 23.3 Å². The number of fused-ring (bicyclic) bond motifs is 1. The van der Waals surface area contributed by atoms with Crippen LogP contribution in [-0.2, 0) is 4.79 Å². The third-order valence-electron chi connectivity index (χ3n) is 4.68. The predicted octanol–water partition coefficient (Wildman–Crippen LogP) is 4.67. The Morgan fingerprint density at radius 3 is 2.26 bits per heavy atom. The van der Waals surface area contributed by atoms with Crippen molar-refractivity contribution in [2.24, 2.45) is 0 Å². The largest absolute Gasteiger partial charge is 0.508 e. The predicted molar refractivity (Wildman–Crippen MR) is 127 cm³/mol. The molecule has 0 saturated carbocycles. The van der Waals surface area contributed by atoms with Crippen LogP contribution in [0.4, 0.5) is 0 Å². The Hall–Kier alpha value is -4.72. The van der Waals surface area contributed by atoms with E-state index in [0.29, 0.717) is 17.3 Å². The summed E-state index contributed by atoms with van der Waals surface area (Å²) < 4.78 is 15.7. The van der Waals surface area contributed by atoms with Crippen LogP contribution in [0.25, 0.3) is 28.4 Å². The molecule has 4 aromatic rings. The van der Waals surface area contributed by atoms with E-state index in [1.54, 1.807) is 25.3 Å². The number of rotatable bonds is 5. The summed E-state index contributed by atoms with van der Waals surface area (Å²) in [7, 11) is 3.08. The zero-order chi connectivity index (χ0) is 24.7. The van der Waals surface area contributed by atoms with Crippen molar-refractivity contribution in [2.75, 3.05) is 14.2 Å². The molecule has 0 unspecified atom stereocenters. The Balaban J connectivity index is 0.000000197. The SMILES string of the molecule is COc1ccc(C=CC(=O)O)cc1OC.O=c1cc(-c2ccccc2)oc2cc(O)cc(O)c12. The van der Waals surface area contributed by atoms with E-state index >= 15 is 0 Å². The monoisotopic (exact) mass is 462 g/mol. The Kier molecular flexibility index (Phi) is 7.56. The van der Waals surface area contributed by atoms with Crippen molar-refractivity contribution >= 4 is 23.0 Å². The van der Waals surface area contributed by atoms with Gasteiger partial charge in [-0.3, -0.25) is 4.79 Å². The smallest absolute Gasteiger partial charge is 0.328 e. The molecule has 8 nitrogen and oxygen atoms in total. The minimum atomic E-state index is -0.982. The van der Waals surface area contributed by atoms with Gasteiger partial charge in [-0.15, -0.1) is 0 Å². The lowest BCUT2D eigenvalue weighted by Crippen LogP contribution is -2.00. The normalized spacial score (nSPS) is 10.5. The third-order valence-corrected chi connectivity index (χ3v) is 4.68. The van der Waals surface area contributed by atoms with E-state index < -0.39 is 5.97 Å². The summed E-state index contributed by atoms with van der Waals surface area (Å²) in [5.41, 5.74) is 1.31. The topological polar surface area (TPSA) is 126 Å². The summed E-state index contributed by atoms with van der Waals surface area (Å²) in [6, 6.07) is 18.1. The molecule has 0 saturated heterocycles. The zero-order valence-corrected chi connectivity index (χ0v) is 18.4. The molecule has 0 radical (unpaired) electrons. The van der Waals surface area contributed by atoms with Gasteiger partial charge in [-0.1, -0.05) is 36.4 Å². The van der Waals surface area contributed by atoms with Gasteiger partial charge in [0.25, 0.3) is 0 Å². The number of ether oxygens (including phenoxy) is 2. The minimum Gasteiger partial charge on any atom is -0.508 e. The molecule has 0 fully saturated rings. The fourth-order valence-electron chi connectivity index (χ4n) is 3.12. The van der Waals surface area contributed by atoms with Gasteiger partial charge in [0.05, 0.1) is 14.2 Å². The van der Waals surface area contributed by atoms with E-state index in [-0.39, 0.29) is 27.9 Å². The first kappa shape index (κ1) is 23.9. The number of phenols is 2. The molecule has 0 atom stereocenters. The lowest BCUT2D eigenvalue weighted by Gasteiger charge is -2.07. The summed E-state index contributed by atoms with van der Waals surface area (Å²) in [4.78, 5) is 22.3. The Morgan fingerprint density at radius 1 is 0.912 bits per heavy atom. The molecule has 0 bridgehead atoms. The van der Waals surface area contributed by atoms with Gasteiger partial charge in [-0.25, -0.2) is 4.79 Å². The lowest BCUT2D eigenvalue weighted by atomic mass is 10.1. The fraction of sp³-hybridized carbons (Fsp3) is 0.0769. The first-order valence-electron chi connectivity index (χ1n) is 10.0. The van der Waals surface area contributed by atoms with Crippen molar-refractivity contribution in [2.45, 2.75) is 0 Å². The molecule has 3 aromatic carbocycles. The molecule has 0 spiro atoms. The maximum atomic E-state index is 12.0. The van der Waals surface area contributed by atoms with E-state index in [9.17, 15) is 19.8 Å². The molecule has 4 rings (SSSR count). The van der Waals surface area contributed by atoms with Crippen LogP contribution < -0.4 is 14.9 Å². The number of aliphatic carboxylic acids is 1. The summed E-state index contributed by atoms with van der Waals surface area (Å²) in [5.74, 6) is 0.157. The second-order valence-corrected chi connectivity index (χ2v) is 6.96. The summed E-state index contributed by atoms with van der Waals surface area (Å²) >= 11 is 0. The number of aromatic hydroxyl groups is 2. The van der Waals surface area contributed by atoms with E-state index in [4.69, 9.17) is 19.0 Å². The van der Waals surface area contributed by atoms with E-state index in [2.05, 4.69) is 0 Å². The fourth-order valence-corrected chi connectivity index (χ4v) is 3.12. The molecule has 0 aliphatic heterocycles. The number of carboxylic acids is 1. The Labute approximate surface area is 194 Å². The van der Waals surface area contributed by atoms with Gasteiger partial charge in [0.2, 0.25) is 0 Å². The average Bonchev–Trinajstić information content (AvgIpc) is 2.82. The van der Waals surface area contributed by atoms with Crippen molar-refractivity contribution < 1.29 is 34.0 Å². The zero-order valence-electron chi connectivity index (χ0n) is 18.4. The number of methoxy groups -OCH3 is 2. The third kappa shape index (κ3) is 5.74. The Morgan fingerprint density at radius 2 is 1.62 bits per heavy atom. The van der Waals surface area contributed by atoms with Gasteiger partial charge in [0, 0.05) is 29.8 Å². The number of hydrogen-bond acceptors (Lipinski definition) is 7. The van der Waals surface area contributed by atoms with Crippen molar-refractivity contribution in [3.63, 3.8) is 0 Å². The molecular formula is C26H22O8. The van der Waals surface area contributed by atoms with Gasteiger partial charge in [-0.05, 0) is 23.8 Å². The quantitative estimate of drug-likeness (QED) is 0.365. The molecule has 34 heavy (non-hydrogen) atoms. The van der Waals surface area contributed by atoms with Gasteiger partial charge < -0.3 is 29.2 Å². The molecule has 1 aromatic heterocycles. The van der Waals surface area contributed by atoms with Crippen molar-refractivity contribution in [3.8, 4) is 34.3 Å². The minimum absolute atomic E-state index is 0.0671. The molecular weight excluding hydrogens is 440 g/mol. The van der Waals surface area contributed by atoms with Crippen molar-refractivity contribution in [1.29, 1.82) is 0 Å². The number of hydrogen-bond donors (Lipinski definition) is 3. The van der Waals surface area contributed by atoms with Crippen LogP contribution in [0.2, 0.25) is 0 Å². The number of phenolic OH excluding ortho intramolecular Hbond substituents is 2. The van der Waals surface area contributed by atoms with Crippen LogP contribution in [0.5, 0.6) is 23.0 Å². The molecule has 0 aliphatic carbocycles. The maximum Gasteiger partial charge on any atom is 0.328 e. The standard InChI is InChI=1S/C15H10O4.C11H12O4/c16-10-6-11(17)15-12(18)8-13(19-14(15)7-10)9-4-2-1-3-5-9;1-14-9-5-3-8(4-6-11(12)13)7-10(9)15-2/h1-8,16-17H;3-7H,1-2H3,(H,12,13). The molecule has 0 amide bonds. The molecule has 0 aliphatic rings. The number of benzene rings is 3. The first-order chi connectivity index (χ1) is 16.3. The van der Waals surface area contributed by atoms with Crippen LogP contribution in [0.1, 0.15) is 5.56 Å². The summed E-state index contributed by atoms with van der Waals surface area (Å²) in [5, 5.41) is 27.6. The highest BCUT2D eigenvalue weighted by Gasteiger charge is 2.11. The maximum absolute atomic E-state index is 12.0. The van der Waals surface area contributed by atoms with Gasteiger partial charge in [-0.2, -0.15) is 0 Å². The number of carbonyl (C=O) groups is 1. The lowest BCUT2D eigenvalue weighted by molar-refractivity contribution is -0.131. The van der Waals surface area contributed by atoms with Gasteiger partial charge >= 0.3 is 5.97 Å². The van der Waals surface area contributed by atoms with E-state index in [1.807, 2.05) is 30.3 Å². The first-order valence-corrected chi connectivity index (χ1v) is 10.0. The van der Waals surface area contributed by atoms with Gasteiger partial charge in [0.15, 0.2) is 16.9 Å². The highest BCUT2D eigenvalue weighted by Crippen LogP contribution is 2.30. The molecule has 3 N–H and O–H groups in total.